The van der Waals surface area contributed by atoms with E-state index in [4.69, 9.17) is 0 Å². The number of amides is 1. The average Bonchev–Trinajstić information content (AvgIpc) is 3.27. The topological polar surface area (TPSA) is 79.4 Å². The Hall–Kier alpha value is -2.29. The van der Waals surface area contributed by atoms with Crippen molar-refractivity contribution in [2.45, 2.75) is 24.2 Å². The number of benzene rings is 1. The first kappa shape index (κ1) is 20.0. The van der Waals surface area contributed by atoms with Gasteiger partial charge < -0.3 is 5.32 Å². The Morgan fingerprint density at radius 1 is 1.21 bits per heavy atom. The van der Waals surface area contributed by atoms with Crippen molar-refractivity contribution in [3.8, 4) is 0 Å². The molecule has 1 fully saturated rings. The number of para-hydroxylation sites is 1. The normalized spacial score (nSPS) is 18.0. The Labute approximate surface area is 174 Å². The van der Waals surface area contributed by atoms with Gasteiger partial charge in [0.05, 0.1) is 11.4 Å². The maximum atomic E-state index is 13.3. The average molecular weight is 430 g/mol. The smallest absolute Gasteiger partial charge is 0.245 e. The van der Waals surface area contributed by atoms with Gasteiger partial charge in [-0.2, -0.15) is 4.31 Å². The van der Waals surface area contributed by atoms with Crippen molar-refractivity contribution in [3.05, 3.63) is 58.9 Å². The molecule has 0 saturated carbocycles. The maximum absolute atomic E-state index is 13.3. The fourth-order valence-electron chi connectivity index (χ4n) is 3.71. The van der Waals surface area contributed by atoms with Gasteiger partial charge in [-0.1, -0.05) is 24.3 Å². The molecule has 0 aliphatic carbocycles. The van der Waals surface area contributed by atoms with Crippen LogP contribution in [0.2, 0.25) is 0 Å². The molecule has 1 saturated heterocycles. The van der Waals surface area contributed by atoms with Crippen LogP contribution in [-0.2, 0) is 21.2 Å². The highest BCUT2D eigenvalue weighted by molar-refractivity contribution is 7.89. The molecule has 0 spiro atoms. The molecule has 2 aromatic heterocycles. The minimum absolute atomic E-state index is 0.0718. The molecule has 1 unspecified atom stereocenters. The summed E-state index contributed by atoms with van der Waals surface area (Å²) in [7, 11) is -3.72. The van der Waals surface area contributed by atoms with Crippen LogP contribution >= 0.6 is 11.3 Å². The van der Waals surface area contributed by atoms with Crippen molar-refractivity contribution in [2.75, 3.05) is 19.6 Å². The predicted molar refractivity (Wildman–Crippen MR) is 114 cm³/mol. The molecule has 1 aliphatic rings. The van der Waals surface area contributed by atoms with Gasteiger partial charge in [0.1, 0.15) is 4.90 Å². The van der Waals surface area contributed by atoms with E-state index < -0.39 is 10.0 Å². The summed E-state index contributed by atoms with van der Waals surface area (Å²) >= 11 is 1.67. The van der Waals surface area contributed by atoms with Crippen LogP contribution in [0.3, 0.4) is 0 Å². The number of rotatable bonds is 6. The molecule has 4 rings (SSSR count). The second kappa shape index (κ2) is 8.61. The number of pyridine rings is 1. The van der Waals surface area contributed by atoms with Gasteiger partial charge in [0.2, 0.25) is 15.9 Å². The molecule has 1 atom stereocenters. The second-order valence-electron chi connectivity index (χ2n) is 7.15. The van der Waals surface area contributed by atoms with E-state index >= 15 is 0 Å². The van der Waals surface area contributed by atoms with Crippen molar-refractivity contribution in [1.29, 1.82) is 0 Å². The number of carbonyl (C=O) groups excluding carboxylic acids is 1. The molecule has 1 aromatic carbocycles. The van der Waals surface area contributed by atoms with Crippen LogP contribution in [0.5, 0.6) is 0 Å². The Bertz CT molecular complexity index is 1090. The van der Waals surface area contributed by atoms with Crippen molar-refractivity contribution in [3.63, 3.8) is 0 Å². The van der Waals surface area contributed by atoms with E-state index in [1.54, 1.807) is 35.7 Å². The first-order chi connectivity index (χ1) is 14.1. The van der Waals surface area contributed by atoms with E-state index in [0.29, 0.717) is 31.4 Å². The van der Waals surface area contributed by atoms with E-state index in [9.17, 15) is 13.2 Å². The first-order valence-corrected chi connectivity index (χ1v) is 12.0. The largest absolute Gasteiger partial charge is 0.355 e. The number of sulfonamides is 1. The second-order valence-corrected chi connectivity index (χ2v) is 10.1. The third-order valence-corrected chi connectivity index (χ3v) is 8.05. The number of piperidine rings is 1. The lowest BCUT2D eigenvalue weighted by Gasteiger charge is -2.31. The molecule has 3 heterocycles. The van der Waals surface area contributed by atoms with E-state index in [0.717, 1.165) is 11.8 Å². The lowest BCUT2D eigenvalue weighted by molar-refractivity contribution is -0.126. The number of carbonyl (C=O) groups is 1. The zero-order valence-corrected chi connectivity index (χ0v) is 17.6. The number of hydrogen-bond donors (Lipinski definition) is 1. The highest BCUT2D eigenvalue weighted by atomic mass is 32.2. The zero-order valence-electron chi connectivity index (χ0n) is 16.0. The molecular formula is C21H23N3O3S2. The molecule has 1 amide bonds. The molecule has 6 nitrogen and oxygen atoms in total. The Morgan fingerprint density at radius 2 is 2.07 bits per heavy atom. The van der Waals surface area contributed by atoms with Crippen molar-refractivity contribution >= 4 is 38.2 Å². The SMILES string of the molecule is O=C(NCCc1cccs1)C1CCCN(S(=O)(=O)c2cccc3cccnc23)C1. The molecule has 1 aliphatic heterocycles. The third kappa shape index (κ3) is 4.34. The van der Waals surface area contributed by atoms with E-state index in [2.05, 4.69) is 10.3 Å². The lowest BCUT2D eigenvalue weighted by atomic mass is 9.99. The number of thiophene rings is 1. The van der Waals surface area contributed by atoms with Crippen LogP contribution in [0.4, 0.5) is 0 Å². The monoisotopic (exact) mass is 429 g/mol. The summed E-state index contributed by atoms with van der Waals surface area (Å²) in [5.41, 5.74) is 0.470. The van der Waals surface area contributed by atoms with Crippen LogP contribution in [-0.4, -0.2) is 43.2 Å². The van der Waals surface area contributed by atoms with Crippen LogP contribution < -0.4 is 5.32 Å². The highest BCUT2D eigenvalue weighted by Crippen LogP contribution is 2.28. The summed E-state index contributed by atoms with van der Waals surface area (Å²) in [4.78, 5) is 18.3. The number of hydrogen-bond acceptors (Lipinski definition) is 5. The minimum atomic E-state index is -3.72. The number of nitrogens with one attached hydrogen (secondary N) is 1. The molecule has 8 heteroatoms. The van der Waals surface area contributed by atoms with Gasteiger partial charge in [-0.05, 0) is 42.8 Å². The molecule has 152 valence electrons. The summed E-state index contributed by atoms with van der Waals surface area (Å²) in [5, 5.41) is 5.77. The van der Waals surface area contributed by atoms with Gasteiger partial charge >= 0.3 is 0 Å². The van der Waals surface area contributed by atoms with E-state index in [1.807, 2.05) is 29.6 Å². The Kier molecular flexibility index (Phi) is 5.94. The van der Waals surface area contributed by atoms with Gasteiger partial charge in [0.15, 0.2) is 0 Å². The molecule has 0 bridgehead atoms. The van der Waals surface area contributed by atoms with Crippen LogP contribution in [0, 0.1) is 5.92 Å². The van der Waals surface area contributed by atoms with Gasteiger partial charge in [0, 0.05) is 36.1 Å². The molecule has 3 aromatic rings. The Morgan fingerprint density at radius 3 is 2.90 bits per heavy atom. The van der Waals surface area contributed by atoms with Crippen LogP contribution in [0.25, 0.3) is 10.9 Å². The fraction of sp³-hybridized carbons (Fsp3) is 0.333. The summed E-state index contributed by atoms with van der Waals surface area (Å²) < 4.78 is 28.0. The minimum Gasteiger partial charge on any atom is -0.355 e. The number of nitrogens with zero attached hydrogens (tertiary/aromatic N) is 2. The van der Waals surface area contributed by atoms with Gasteiger partial charge in [0.25, 0.3) is 0 Å². The number of fused-ring (bicyclic) bond motifs is 1. The molecular weight excluding hydrogens is 406 g/mol. The Balaban J connectivity index is 1.46. The summed E-state index contributed by atoms with van der Waals surface area (Å²) in [6, 6.07) is 12.8. The lowest BCUT2D eigenvalue weighted by Crippen LogP contribution is -2.45. The predicted octanol–water partition coefficient (Wildman–Crippen LogP) is 3.06. The van der Waals surface area contributed by atoms with Gasteiger partial charge in [-0.3, -0.25) is 9.78 Å². The van der Waals surface area contributed by atoms with Crippen LogP contribution in [0.1, 0.15) is 17.7 Å². The van der Waals surface area contributed by atoms with E-state index in [-0.39, 0.29) is 23.3 Å². The summed E-state index contributed by atoms with van der Waals surface area (Å²) in [6.07, 6.45) is 3.76. The number of aromatic nitrogens is 1. The van der Waals surface area contributed by atoms with Crippen molar-refractivity contribution < 1.29 is 13.2 Å². The van der Waals surface area contributed by atoms with Gasteiger partial charge in [-0.15, -0.1) is 11.3 Å². The van der Waals surface area contributed by atoms with Crippen LogP contribution in [0.15, 0.2) is 58.9 Å². The molecule has 1 N–H and O–H groups in total. The van der Waals surface area contributed by atoms with Crippen molar-refractivity contribution in [1.82, 2.24) is 14.6 Å². The third-order valence-electron chi connectivity index (χ3n) is 5.22. The summed E-state index contributed by atoms with van der Waals surface area (Å²) in [5.74, 6) is -0.401. The zero-order chi connectivity index (χ0) is 20.3. The van der Waals surface area contributed by atoms with Crippen molar-refractivity contribution in [2.24, 2.45) is 5.92 Å². The summed E-state index contributed by atoms with van der Waals surface area (Å²) in [6.45, 7) is 1.19. The van der Waals surface area contributed by atoms with E-state index in [1.165, 1.54) is 9.18 Å². The first-order valence-electron chi connectivity index (χ1n) is 9.70. The highest BCUT2D eigenvalue weighted by Gasteiger charge is 2.34. The maximum Gasteiger partial charge on any atom is 0.245 e. The van der Waals surface area contributed by atoms with Gasteiger partial charge in [-0.25, -0.2) is 8.42 Å². The quantitative estimate of drug-likeness (QED) is 0.653. The standard InChI is InChI=1S/C21H23N3O3S2/c25-21(23-12-10-18-8-4-14-28-18)17-7-3-13-24(15-17)29(26,27)19-9-1-5-16-6-2-11-22-20(16)19/h1-2,4-6,8-9,11,14,17H,3,7,10,12-13,15H2,(H,23,25). The molecule has 29 heavy (non-hydrogen) atoms. The fourth-order valence-corrected chi connectivity index (χ4v) is 6.10. The molecule has 0 radical (unpaired) electrons.